The SMILES string of the molecule is CCNCc1cn(Cc2cc(COC)on2)nn1. The molecule has 1 N–H and O–H groups in total. The summed E-state index contributed by atoms with van der Waals surface area (Å²) in [4.78, 5) is 0. The first-order valence-corrected chi connectivity index (χ1v) is 5.85. The molecule has 7 heteroatoms. The maximum atomic E-state index is 5.10. The van der Waals surface area contributed by atoms with Gasteiger partial charge in [-0.1, -0.05) is 17.3 Å². The molecular formula is C11H17N5O2. The summed E-state index contributed by atoms with van der Waals surface area (Å²) in [6, 6.07) is 1.86. The molecule has 0 aliphatic carbocycles. The Morgan fingerprint density at radius 2 is 2.33 bits per heavy atom. The van der Waals surface area contributed by atoms with E-state index in [1.165, 1.54) is 0 Å². The molecule has 0 aliphatic rings. The second kappa shape index (κ2) is 6.27. The van der Waals surface area contributed by atoms with E-state index in [1.807, 2.05) is 12.3 Å². The second-order valence-corrected chi connectivity index (χ2v) is 3.91. The van der Waals surface area contributed by atoms with Crippen LogP contribution in [0.2, 0.25) is 0 Å². The van der Waals surface area contributed by atoms with Crippen molar-refractivity contribution in [1.29, 1.82) is 0 Å². The van der Waals surface area contributed by atoms with Crippen LogP contribution in [0.4, 0.5) is 0 Å². The van der Waals surface area contributed by atoms with E-state index in [0.29, 0.717) is 18.9 Å². The number of nitrogens with one attached hydrogen (secondary N) is 1. The molecule has 0 aliphatic heterocycles. The van der Waals surface area contributed by atoms with Crippen molar-refractivity contribution in [1.82, 2.24) is 25.5 Å². The van der Waals surface area contributed by atoms with Gasteiger partial charge in [-0.2, -0.15) is 0 Å². The zero-order valence-electron chi connectivity index (χ0n) is 10.6. The molecule has 0 aromatic carbocycles. The minimum Gasteiger partial charge on any atom is -0.377 e. The first-order valence-electron chi connectivity index (χ1n) is 5.85. The van der Waals surface area contributed by atoms with E-state index in [1.54, 1.807) is 11.8 Å². The number of rotatable bonds is 7. The number of aromatic nitrogens is 4. The van der Waals surface area contributed by atoms with Gasteiger partial charge in [0, 0.05) is 19.7 Å². The summed E-state index contributed by atoms with van der Waals surface area (Å²) in [5, 5.41) is 15.2. The smallest absolute Gasteiger partial charge is 0.162 e. The maximum Gasteiger partial charge on any atom is 0.162 e. The zero-order valence-corrected chi connectivity index (χ0v) is 10.6. The molecule has 2 heterocycles. The van der Waals surface area contributed by atoms with Gasteiger partial charge in [-0.15, -0.1) is 5.10 Å². The van der Waals surface area contributed by atoms with Gasteiger partial charge in [0.1, 0.15) is 12.3 Å². The molecule has 0 saturated heterocycles. The Balaban J connectivity index is 1.93. The van der Waals surface area contributed by atoms with Crippen LogP contribution in [-0.4, -0.2) is 33.8 Å². The normalized spacial score (nSPS) is 11.0. The van der Waals surface area contributed by atoms with Gasteiger partial charge in [-0.3, -0.25) is 0 Å². The molecule has 7 nitrogen and oxygen atoms in total. The lowest BCUT2D eigenvalue weighted by Gasteiger charge is -1.95. The number of ether oxygens (including phenoxy) is 1. The lowest BCUT2D eigenvalue weighted by Crippen LogP contribution is -2.11. The van der Waals surface area contributed by atoms with Crippen LogP contribution in [0.1, 0.15) is 24.1 Å². The molecule has 0 amide bonds. The van der Waals surface area contributed by atoms with Gasteiger partial charge in [0.15, 0.2) is 5.76 Å². The lowest BCUT2D eigenvalue weighted by atomic mass is 10.3. The molecule has 0 unspecified atom stereocenters. The molecule has 2 aromatic heterocycles. The van der Waals surface area contributed by atoms with Crippen LogP contribution in [0.3, 0.4) is 0 Å². The molecule has 98 valence electrons. The van der Waals surface area contributed by atoms with Gasteiger partial charge in [0.2, 0.25) is 0 Å². The molecule has 18 heavy (non-hydrogen) atoms. The van der Waals surface area contributed by atoms with E-state index < -0.39 is 0 Å². The lowest BCUT2D eigenvalue weighted by molar-refractivity contribution is 0.155. The van der Waals surface area contributed by atoms with Gasteiger partial charge in [-0.05, 0) is 6.54 Å². The van der Waals surface area contributed by atoms with E-state index in [-0.39, 0.29) is 0 Å². The minimum atomic E-state index is 0.427. The summed E-state index contributed by atoms with van der Waals surface area (Å²) in [5.41, 5.74) is 1.72. The van der Waals surface area contributed by atoms with Crippen molar-refractivity contribution in [3.8, 4) is 0 Å². The van der Waals surface area contributed by atoms with Crippen molar-refractivity contribution < 1.29 is 9.26 Å². The first-order chi connectivity index (χ1) is 8.81. The van der Waals surface area contributed by atoms with Crippen LogP contribution >= 0.6 is 0 Å². The molecular weight excluding hydrogens is 234 g/mol. The summed E-state index contributed by atoms with van der Waals surface area (Å²) < 4.78 is 11.8. The molecule has 2 rings (SSSR count). The Bertz CT molecular complexity index is 479. The molecule has 2 aromatic rings. The van der Waals surface area contributed by atoms with E-state index in [4.69, 9.17) is 9.26 Å². The summed E-state index contributed by atoms with van der Waals surface area (Å²) in [6.07, 6.45) is 1.90. The fourth-order valence-electron chi connectivity index (χ4n) is 1.56. The van der Waals surface area contributed by atoms with Gasteiger partial charge in [0.05, 0.1) is 18.4 Å². The number of nitrogens with zero attached hydrogens (tertiary/aromatic N) is 4. The maximum absolute atomic E-state index is 5.10. The predicted molar refractivity (Wildman–Crippen MR) is 63.7 cm³/mol. The van der Waals surface area contributed by atoms with Crippen molar-refractivity contribution in [2.75, 3.05) is 13.7 Å². The molecule has 0 fully saturated rings. The fourth-order valence-corrected chi connectivity index (χ4v) is 1.56. The first kappa shape index (κ1) is 12.7. The van der Waals surface area contributed by atoms with Crippen molar-refractivity contribution >= 4 is 0 Å². The minimum absolute atomic E-state index is 0.427. The standard InChI is InChI=1S/C11H17N5O2/c1-3-12-5-10-7-16(15-13-10)6-9-4-11(8-17-2)18-14-9/h4,7,12H,3,5-6,8H2,1-2H3. The molecule has 0 spiro atoms. The Morgan fingerprint density at radius 1 is 1.44 bits per heavy atom. The van der Waals surface area contributed by atoms with E-state index in [0.717, 1.165) is 24.5 Å². The quantitative estimate of drug-likeness (QED) is 0.775. The summed E-state index contributed by atoms with van der Waals surface area (Å²) >= 11 is 0. The van der Waals surface area contributed by atoms with Crippen LogP contribution in [0.15, 0.2) is 16.8 Å². The Hall–Kier alpha value is -1.73. The Morgan fingerprint density at radius 3 is 3.11 bits per heavy atom. The predicted octanol–water partition coefficient (Wildman–Crippen LogP) is 0.570. The van der Waals surface area contributed by atoms with Crippen molar-refractivity contribution in [3.63, 3.8) is 0 Å². The van der Waals surface area contributed by atoms with Crippen LogP contribution in [0.25, 0.3) is 0 Å². The highest BCUT2D eigenvalue weighted by Gasteiger charge is 2.06. The monoisotopic (exact) mass is 251 g/mol. The molecule has 0 bridgehead atoms. The average Bonchev–Trinajstić information content (AvgIpc) is 2.98. The second-order valence-electron chi connectivity index (χ2n) is 3.91. The van der Waals surface area contributed by atoms with E-state index in [2.05, 4.69) is 27.7 Å². The summed E-state index contributed by atoms with van der Waals surface area (Å²) in [7, 11) is 1.62. The highest BCUT2D eigenvalue weighted by atomic mass is 16.5. The average molecular weight is 251 g/mol. The van der Waals surface area contributed by atoms with Crippen molar-refractivity contribution in [2.24, 2.45) is 0 Å². The fraction of sp³-hybridized carbons (Fsp3) is 0.545. The topological polar surface area (TPSA) is 78.0 Å². The number of hydrogen-bond acceptors (Lipinski definition) is 6. The van der Waals surface area contributed by atoms with E-state index in [9.17, 15) is 0 Å². The summed E-state index contributed by atoms with van der Waals surface area (Å²) in [6.45, 7) is 4.67. The van der Waals surface area contributed by atoms with E-state index >= 15 is 0 Å². The van der Waals surface area contributed by atoms with Crippen LogP contribution in [-0.2, 0) is 24.4 Å². The van der Waals surface area contributed by atoms with Crippen molar-refractivity contribution in [3.05, 3.63) is 29.4 Å². The molecule has 0 radical (unpaired) electrons. The molecule has 0 atom stereocenters. The van der Waals surface area contributed by atoms with Gasteiger partial charge in [0.25, 0.3) is 0 Å². The zero-order chi connectivity index (χ0) is 12.8. The van der Waals surface area contributed by atoms with Crippen LogP contribution < -0.4 is 5.32 Å². The third kappa shape index (κ3) is 3.38. The number of hydrogen-bond donors (Lipinski definition) is 1. The van der Waals surface area contributed by atoms with Gasteiger partial charge < -0.3 is 14.6 Å². The van der Waals surface area contributed by atoms with Crippen molar-refractivity contribution in [2.45, 2.75) is 26.6 Å². The third-order valence-electron chi connectivity index (χ3n) is 2.36. The van der Waals surface area contributed by atoms with Gasteiger partial charge >= 0.3 is 0 Å². The largest absolute Gasteiger partial charge is 0.377 e. The number of methoxy groups -OCH3 is 1. The Labute approximate surface area is 105 Å². The Kier molecular flexibility index (Phi) is 4.43. The summed E-state index contributed by atoms with van der Waals surface area (Å²) in [5.74, 6) is 0.709. The third-order valence-corrected chi connectivity index (χ3v) is 2.36. The van der Waals surface area contributed by atoms with Gasteiger partial charge in [-0.25, -0.2) is 4.68 Å². The highest BCUT2D eigenvalue weighted by Crippen LogP contribution is 2.06. The molecule has 0 saturated carbocycles. The van der Waals surface area contributed by atoms with Crippen LogP contribution in [0, 0.1) is 0 Å². The van der Waals surface area contributed by atoms with Crippen LogP contribution in [0.5, 0.6) is 0 Å². The highest BCUT2D eigenvalue weighted by molar-refractivity contribution is 5.05.